The van der Waals surface area contributed by atoms with E-state index >= 15 is 0 Å². The van der Waals surface area contributed by atoms with Crippen LogP contribution in [0.4, 0.5) is 11.4 Å². The Balaban J connectivity index is 3.90. The lowest BCUT2D eigenvalue weighted by atomic mass is 10.2. The van der Waals surface area contributed by atoms with Crippen LogP contribution in [0.25, 0.3) is 0 Å². The van der Waals surface area contributed by atoms with E-state index in [0.29, 0.717) is 6.07 Å². The van der Waals surface area contributed by atoms with E-state index in [4.69, 9.17) is 16.2 Å². The largest absolute Gasteiger partial charge is 0.299 e. The molecule has 0 aromatic heterocycles. The molecule has 18 heavy (non-hydrogen) atoms. The molecule has 0 saturated carbocycles. The van der Waals surface area contributed by atoms with Gasteiger partial charge in [0, 0.05) is 11.6 Å². The first-order valence-electron chi connectivity index (χ1n) is 4.16. The van der Waals surface area contributed by atoms with Crippen molar-refractivity contribution in [2.24, 2.45) is 0 Å². The van der Waals surface area contributed by atoms with Crippen LogP contribution in [0.1, 0.15) is 5.56 Å². The third-order valence-corrected chi connectivity index (χ3v) is 3.44. The average molecular weight is 297 g/mol. The number of hydrogen-bond acceptors (Lipinski definition) is 6. The zero-order valence-corrected chi connectivity index (χ0v) is 10.2. The van der Waals surface area contributed by atoms with E-state index < -0.39 is 46.8 Å². The van der Waals surface area contributed by atoms with Gasteiger partial charge >= 0.3 is 0 Å². The molecule has 0 bridgehead atoms. The fourth-order valence-electron chi connectivity index (χ4n) is 1.32. The Bertz CT molecular complexity index is 654. The lowest BCUT2D eigenvalue weighted by Gasteiger charge is -2.05. The van der Waals surface area contributed by atoms with E-state index in [2.05, 4.69) is 0 Å². The third-order valence-electron chi connectivity index (χ3n) is 2.08. The van der Waals surface area contributed by atoms with Gasteiger partial charge in [-0.3, -0.25) is 24.8 Å². The van der Waals surface area contributed by atoms with E-state index in [1.165, 1.54) is 0 Å². The monoisotopic (exact) mass is 296 g/mol. The van der Waals surface area contributed by atoms with Gasteiger partial charge in [-0.25, -0.2) is 0 Å². The Morgan fingerprint density at radius 3 is 2.11 bits per heavy atom. The van der Waals surface area contributed by atoms with Gasteiger partial charge in [0.25, 0.3) is 21.5 Å². The highest BCUT2D eigenvalue weighted by Crippen LogP contribution is 2.39. The minimum Gasteiger partial charge on any atom is -0.282 e. The normalized spacial score (nSPS) is 11.3. The van der Waals surface area contributed by atoms with Crippen molar-refractivity contribution in [1.29, 1.82) is 0 Å². The topological polar surface area (TPSA) is 141 Å². The summed E-state index contributed by atoms with van der Waals surface area (Å²) in [5.41, 5.74) is -2.38. The molecule has 1 N–H and O–H groups in total. The molecule has 1 aromatic rings. The molecule has 1 aromatic carbocycles. The molecule has 0 unspecified atom stereocenters. The lowest BCUT2D eigenvalue weighted by molar-refractivity contribution is -0.394. The second-order valence-corrected chi connectivity index (χ2v) is 4.94. The Morgan fingerprint density at radius 1 is 1.28 bits per heavy atom. The minimum absolute atomic E-state index is 0.472. The van der Waals surface area contributed by atoms with Crippen LogP contribution in [-0.4, -0.2) is 22.8 Å². The highest BCUT2D eigenvalue weighted by Gasteiger charge is 2.32. The van der Waals surface area contributed by atoms with Crippen molar-refractivity contribution in [2.75, 3.05) is 0 Å². The van der Waals surface area contributed by atoms with Gasteiger partial charge in [0.15, 0.2) is 5.02 Å². The maximum Gasteiger partial charge on any atom is 0.299 e. The van der Waals surface area contributed by atoms with Crippen molar-refractivity contribution in [3.8, 4) is 0 Å². The van der Waals surface area contributed by atoms with Crippen LogP contribution < -0.4 is 0 Å². The van der Waals surface area contributed by atoms with Gasteiger partial charge in [0.1, 0.15) is 4.90 Å². The summed E-state index contributed by atoms with van der Waals surface area (Å²) >= 11 is 5.47. The quantitative estimate of drug-likeness (QED) is 0.508. The molecule has 0 fully saturated rings. The van der Waals surface area contributed by atoms with Crippen LogP contribution in [0, 0.1) is 27.2 Å². The van der Waals surface area contributed by atoms with Crippen LogP contribution in [0.3, 0.4) is 0 Å². The lowest BCUT2D eigenvalue weighted by Crippen LogP contribution is -2.06. The first-order valence-corrected chi connectivity index (χ1v) is 5.98. The number of hydrogen-bond donors (Lipinski definition) is 1. The molecule has 0 radical (unpaired) electrons. The smallest absolute Gasteiger partial charge is 0.282 e. The van der Waals surface area contributed by atoms with Crippen LogP contribution >= 0.6 is 11.6 Å². The molecule has 0 atom stereocenters. The SMILES string of the molecule is Cc1c(S(=O)(=O)O)cc([N+](=O)[O-])c(Cl)c1[N+](=O)[O-]. The fourth-order valence-corrected chi connectivity index (χ4v) is 2.39. The van der Waals surface area contributed by atoms with E-state index in [0.717, 1.165) is 6.92 Å². The maximum absolute atomic E-state index is 11.0. The Morgan fingerprint density at radius 2 is 1.78 bits per heavy atom. The number of nitrogens with zero attached hydrogens (tertiary/aromatic N) is 2. The third kappa shape index (κ3) is 2.39. The molecule has 0 aliphatic heterocycles. The summed E-state index contributed by atoms with van der Waals surface area (Å²) in [5, 5.41) is 20.5. The van der Waals surface area contributed by atoms with Gasteiger partial charge < -0.3 is 0 Å². The van der Waals surface area contributed by atoms with Crippen molar-refractivity contribution in [1.82, 2.24) is 0 Å². The van der Waals surface area contributed by atoms with Crippen LogP contribution in [-0.2, 0) is 10.1 Å². The summed E-state index contributed by atoms with van der Waals surface area (Å²) in [4.78, 5) is 18.3. The summed E-state index contributed by atoms with van der Waals surface area (Å²) < 4.78 is 30.8. The van der Waals surface area contributed by atoms with E-state index in [1.807, 2.05) is 0 Å². The summed E-state index contributed by atoms with van der Waals surface area (Å²) in [6, 6.07) is 0.472. The zero-order chi connectivity index (χ0) is 14.2. The molecule has 9 nitrogen and oxygen atoms in total. The van der Waals surface area contributed by atoms with Gasteiger partial charge in [-0.15, -0.1) is 0 Å². The molecule has 98 valence electrons. The van der Waals surface area contributed by atoms with Gasteiger partial charge in [-0.05, 0) is 6.92 Å². The van der Waals surface area contributed by atoms with E-state index in [9.17, 15) is 28.6 Å². The van der Waals surface area contributed by atoms with Crippen LogP contribution in [0.2, 0.25) is 5.02 Å². The van der Waals surface area contributed by atoms with Crippen LogP contribution in [0.5, 0.6) is 0 Å². The molecule has 0 aliphatic rings. The second kappa shape index (κ2) is 4.48. The first-order chi connectivity index (χ1) is 8.07. The molecule has 0 heterocycles. The van der Waals surface area contributed by atoms with Gasteiger partial charge in [0.05, 0.1) is 9.85 Å². The highest BCUT2D eigenvalue weighted by atomic mass is 35.5. The number of nitro benzene ring substituents is 2. The summed E-state index contributed by atoms with van der Waals surface area (Å²) in [7, 11) is -4.83. The van der Waals surface area contributed by atoms with Crippen molar-refractivity contribution in [3.63, 3.8) is 0 Å². The Labute approximate surface area is 105 Å². The number of halogens is 1. The zero-order valence-electron chi connectivity index (χ0n) is 8.65. The molecule has 11 heteroatoms. The molecule has 0 aliphatic carbocycles. The fraction of sp³-hybridized carbons (Fsp3) is 0.143. The molecule has 0 spiro atoms. The number of benzene rings is 1. The maximum atomic E-state index is 11.0. The molecule has 0 saturated heterocycles. The van der Waals surface area contributed by atoms with Gasteiger partial charge in [-0.1, -0.05) is 11.6 Å². The van der Waals surface area contributed by atoms with Crippen LogP contribution in [0.15, 0.2) is 11.0 Å². The van der Waals surface area contributed by atoms with Crippen molar-refractivity contribution >= 4 is 33.1 Å². The van der Waals surface area contributed by atoms with Gasteiger partial charge in [-0.2, -0.15) is 8.42 Å². The predicted octanol–water partition coefficient (Wildman–Crippen LogP) is 1.71. The predicted molar refractivity (Wildman–Crippen MR) is 59.3 cm³/mol. The standard InChI is InChI=1S/C7H5ClN2O7S/c1-3-5(18(15,16)17)2-4(9(11)12)6(8)7(3)10(13)14/h2H,1H3,(H,15,16,17). The first kappa shape index (κ1) is 14.3. The Kier molecular flexibility index (Phi) is 3.55. The number of rotatable bonds is 3. The van der Waals surface area contributed by atoms with Gasteiger partial charge in [0.2, 0.25) is 0 Å². The molecular formula is C7H5ClN2O7S. The minimum atomic E-state index is -4.83. The highest BCUT2D eigenvalue weighted by molar-refractivity contribution is 7.85. The second-order valence-electron chi connectivity index (χ2n) is 3.17. The summed E-state index contributed by atoms with van der Waals surface area (Å²) in [6.07, 6.45) is 0. The summed E-state index contributed by atoms with van der Waals surface area (Å²) in [5.74, 6) is 0. The van der Waals surface area contributed by atoms with Crippen molar-refractivity contribution < 1.29 is 22.8 Å². The van der Waals surface area contributed by atoms with Crippen molar-refractivity contribution in [2.45, 2.75) is 11.8 Å². The molecule has 1 rings (SSSR count). The summed E-state index contributed by atoms with van der Waals surface area (Å²) in [6.45, 7) is 1.01. The van der Waals surface area contributed by atoms with E-state index in [-0.39, 0.29) is 0 Å². The average Bonchev–Trinajstić information content (AvgIpc) is 2.13. The van der Waals surface area contributed by atoms with E-state index in [1.54, 1.807) is 0 Å². The Hall–Kier alpha value is -1.78. The molecular weight excluding hydrogens is 292 g/mol. The molecule has 0 amide bonds. The number of nitro groups is 2. The van der Waals surface area contributed by atoms with Crippen molar-refractivity contribution in [3.05, 3.63) is 36.9 Å².